The molecule has 0 atom stereocenters. The van der Waals surface area contributed by atoms with Crippen LogP contribution in [0, 0.1) is 0 Å². The summed E-state index contributed by atoms with van der Waals surface area (Å²) in [6.45, 7) is 0. The van der Waals surface area contributed by atoms with Crippen LogP contribution in [0.5, 0.6) is 0 Å². The van der Waals surface area contributed by atoms with Crippen LogP contribution in [0.4, 0.5) is 0 Å². The Kier molecular flexibility index (Phi) is 3.63. The van der Waals surface area contributed by atoms with Crippen molar-refractivity contribution in [2.75, 3.05) is 0 Å². The fourth-order valence-electron chi connectivity index (χ4n) is 1.19. The molecule has 1 aromatic heterocycles. The molecule has 0 fully saturated rings. The van der Waals surface area contributed by atoms with Gasteiger partial charge in [-0.15, -0.1) is 0 Å². The van der Waals surface area contributed by atoms with Crippen LogP contribution in [0.1, 0.15) is 11.9 Å². The number of carboxylic acid groups (broad SMARTS) is 1. The second-order valence-corrected chi connectivity index (χ2v) is 2.69. The van der Waals surface area contributed by atoms with E-state index in [0.29, 0.717) is 5.52 Å². The van der Waals surface area contributed by atoms with Gasteiger partial charge in [0.25, 0.3) is 0 Å². The summed E-state index contributed by atoms with van der Waals surface area (Å²) in [7, 11) is 0. The minimum Gasteiger partial charge on any atom is -1.00 e. The summed E-state index contributed by atoms with van der Waals surface area (Å²) in [6.07, 6.45) is 0. The molecule has 14 heavy (non-hydrogen) atoms. The summed E-state index contributed by atoms with van der Waals surface area (Å²) in [6, 6.07) is 10.7. The number of aromatic carboxylic acids is 1. The fraction of sp³-hybridized carbons (Fsp3) is 0. The van der Waals surface area contributed by atoms with Gasteiger partial charge in [-0.05, 0) is 12.1 Å². The minimum atomic E-state index is -0.995. The molecular formula is C10H8NNaO2. The van der Waals surface area contributed by atoms with Crippen LogP contribution in [-0.2, 0) is 0 Å². The Morgan fingerprint density at radius 2 is 1.93 bits per heavy atom. The Hall–Kier alpha value is -0.900. The van der Waals surface area contributed by atoms with E-state index in [1.807, 2.05) is 18.2 Å². The Morgan fingerprint density at radius 1 is 1.21 bits per heavy atom. The number of pyridine rings is 1. The van der Waals surface area contributed by atoms with Crippen molar-refractivity contribution in [3.8, 4) is 0 Å². The van der Waals surface area contributed by atoms with Gasteiger partial charge in [-0.25, -0.2) is 9.78 Å². The second kappa shape index (κ2) is 4.55. The third-order valence-corrected chi connectivity index (χ3v) is 1.82. The van der Waals surface area contributed by atoms with E-state index in [0.717, 1.165) is 5.39 Å². The quantitative estimate of drug-likeness (QED) is 0.600. The Morgan fingerprint density at radius 3 is 2.64 bits per heavy atom. The number of aromatic nitrogens is 1. The van der Waals surface area contributed by atoms with Crippen molar-refractivity contribution in [3.63, 3.8) is 0 Å². The molecule has 3 nitrogen and oxygen atoms in total. The van der Waals surface area contributed by atoms with Gasteiger partial charge in [0.1, 0.15) is 5.69 Å². The summed E-state index contributed by atoms with van der Waals surface area (Å²) in [5, 5.41) is 9.63. The first-order valence-electron chi connectivity index (χ1n) is 3.86. The fourth-order valence-corrected chi connectivity index (χ4v) is 1.19. The van der Waals surface area contributed by atoms with Crippen molar-refractivity contribution >= 4 is 16.9 Å². The summed E-state index contributed by atoms with van der Waals surface area (Å²) in [4.78, 5) is 14.6. The van der Waals surface area contributed by atoms with Gasteiger partial charge in [0.2, 0.25) is 0 Å². The van der Waals surface area contributed by atoms with Crippen LogP contribution in [0.2, 0.25) is 0 Å². The molecule has 0 amide bonds. The van der Waals surface area contributed by atoms with Crippen LogP contribution < -0.4 is 29.6 Å². The first kappa shape index (κ1) is 11.2. The first-order chi connectivity index (χ1) is 6.27. The number of fused-ring (bicyclic) bond motifs is 1. The topological polar surface area (TPSA) is 50.2 Å². The normalized spacial score (nSPS) is 9.43. The molecule has 0 unspecified atom stereocenters. The smallest absolute Gasteiger partial charge is 1.00 e. The van der Waals surface area contributed by atoms with Crippen molar-refractivity contribution in [2.24, 2.45) is 0 Å². The molecule has 0 saturated carbocycles. The van der Waals surface area contributed by atoms with Crippen LogP contribution >= 0.6 is 0 Å². The molecule has 1 N–H and O–H groups in total. The van der Waals surface area contributed by atoms with Crippen molar-refractivity contribution in [1.82, 2.24) is 4.98 Å². The summed E-state index contributed by atoms with van der Waals surface area (Å²) >= 11 is 0. The summed E-state index contributed by atoms with van der Waals surface area (Å²) in [5.41, 5.74) is 0.793. The van der Waals surface area contributed by atoms with E-state index in [2.05, 4.69) is 4.98 Å². The van der Waals surface area contributed by atoms with Crippen molar-refractivity contribution in [1.29, 1.82) is 0 Å². The van der Waals surface area contributed by atoms with Crippen LogP contribution in [0.3, 0.4) is 0 Å². The van der Waals surface area contributed by atoms with Crippen molar-refractivity contribution < 1.29 is 40.9 Å². The van der Waals surface area contributed by atoms with E-state index in [9.17, 15) is 4.79 Å². The second-order valence-electron chi connectivity index (χ2n) is 2.69. The van der Waals surface area contributed by atoms with Gasteiger partial charge < -0.3 is 6.53 Å². The molecule has 2 rings (SSSR count). The van der Waals surface area contributed by atoms with Crippen molar-refractivity contribution in [3.05, 3.63) is 42.1 Å². The molecule has 66 valence electrons. The van der Waals surface area contributed by atoms with Gasteiger partial charge in [-0.1, -0.05) is 24.3 Å². The number of para-hydroxylation sites is 1. The molecule has 0 saturated heterocycles. The average Bonchev–Trinajstić information content (AvgIpc) is 2.17. The average molecular weight is 197 g/mol. The Labute approximate surface area is 105 Å². The molecule has 2 aromatic rings. The van der Waals surface area contributed by atoms with E-state index in [-0.39, 0.29) is 36.7 Å². The summed E-state index contributed by atoms with van der Waals surface area (Å²) < 4.78 is 0. The maximum Gasteiger partial charge on any atom is 1.00 e. The number of rotatable bonds is 1. The predicted molar refractivity (Wildman–Crippen MR) is 49.8 cm³/mol. The number of hydrogen-bond acceptors (Lipinski definition) is 2. The zero-order chi connectivity index (χ0) is 9.26. The van der Waals surface area contributed by atoms with E-state index in [4.69, 9.17) is 5.11 Å². The Balaban J connectivity index is 0.000000980. The third kappa shape index (κ3) is 2.12. The maximum atomic E-state index is 10.6. The van der Waals surface area contributed by atoms with Crippen LogP contribution in [0.25, 0.3) is 10.9 Å². The van der Waals surface area contributed by atoms with Crippen LogP contribution in [-0.4, -0.2) is 16.1 Å². The number of nitrogens with zero attached hydrogens (tertiary/aromatic N) is 1. The number of hydrogen-bond donors (Lipinski definition) is 1. The van der Waals surface area contributed by atoms with Gasteiger partial charge in [-0.2, -0.15) is 0 Å². The number of carbonyl (C=O) groups is 1. The molecule has 0 radical (unpaired) electrons. The largest absolute Gasteiger partial charge is 1.00 e. The molecule has 1 aromatic carbocycles. The maximum absolute atomic E-state index is 10.6. The standard InChI is InChI=1S/C10H7NO2.Na.H/c12-10(13)9-6-5-7-3-1-2-4-8(7)11-9;;/h1-6H,(H,12,13);;/q;+1;-1. The molecule has 0 aliphatic rings. The van der Waals surface area contributed by atoms with Gasteiger partial charge in [0, 0.05) is 5.39 Å². The Bertz CT molecular complexity index is 476. The molecule has 1 heterocycles. The number of benzene rings is 1. The predicted octanol–water partition coefficient (Wildman–Crippen LogP) is -0.951. The molecule has 0 bridgehead atoms. The van der Waals surface area contributed by atoms with Gasteiger partial charge in [0.15, 0.2) is 0 Å². The third-order valence-electron chi connectivity index (χ3n) is 1.82. The number of carboxylic acids is 1. The first-order valence-corrected chi connectivity index (χ1v) is 3.86. The zero-order valence-electron chi connectivity index (χ0n) is 8.77. The van der Waals surface area contributed by atoms with E-state index in [1.165, 1.54) is 6.07 Å². The molecule has 4 heteroatoms. The summed E-state index contributed by atoms with van der Waals surface area (Å²) in [5.74, 6) is -0.995. The molecular weight excluding hydrogens is 189 g/mol. The van der Waals surface area contributed by atoms with Gasteiger partial charge in [-0.3, -0.25) is 0 Å². The molecule has 0 aliphatic carbocycles. The zero-order valence-corrected chi connectivity index (χ0v) is 9.77. The SMILES string of the molecule is O=C(O)c1ccc2ccccc2n1.[H-].[Na+]. The van der Waals surface area contributed by atoms with Gasteiger partial charge >= 0.3 is 35.5 Å². The molecule has 0 aliphatic heterocycles. The van der Waals surface area contributed by atoms with E-state index in [1.54, 1.807) is 12.1 Å². The van der Waals surface area contributed by atoms with Crippen LogP contribution in [0.15, 0.2) is 36.4 Å². The molecule has 0 spiro atoms. The van der Waals surface area contributed by atoms with Crippen molar-refractivity contribution in [2.45, 2.75) is 0 Å². The van der Waals surface area contributed by atoms with E-state index >= 15 is 0 Å². The monoisotopic (exact) mass is 197 g/mol. The van der Waals surface area contributed by atoms with Gasteiger partial charge in [0.05, 0.1) is 5.52 Å². The van der Waals surface area contributed by atoms with E-state index < -0.39 is 5.97 Å². The minimum absolute atomic E-state index is 0.